The average Bonchev–Trinajstić information content (AvgIpc) is 2.86. The van der Waals surface area contributed by atoms with Gasteiger partial charge in [0.15, 0.2) is 5.75 Å². The molecule has 4 heteroatoms. The van der Waals surface area contributed by atoms with Gasteiger partial charge in [0.05, 0.1) is 18.5 Å². The lowest BCUT2D eigenvalue weighted by atomic mass is 10.1. The predicted molar refractivity (Wildman–Crippen MR) is 69.7 cm³/mol. The number of aliphatic hydroxyl groups is 1. The first-order valence-corrected chi connectivity index (χ1v) is 6.21. The highest BCUT2D eigenvalue weighted by Gasteiger charge is 2.12. The predicted octanol–water partition coefficient (Wildman–Crippen LogP) is 3.14. The molecule has 1 unspecified atom stereocenters. The summed E-state index contributed by atoms with van der Waals surface area (Å²) in [5, 5.41) is 14.1. The van der Waals surface area contributed by atoms with Gasteiger partial charge < -0.3 is 9.84 Å². The molecule has 1 N–H and O–H groups in total. The van der Waals surface area contributed by atoms with E-state index >= 15 is 0 Å². The Labute approximate surface area is 107 Å². The third-order valence-electron chi connectivity index (χ3n) is 2.83. The number of para-hydroxylation sites is 1. The molecule has 2 rings (SSSR count). The van der Waals surface area contributed by atoms with Crippen LogP contribution in [0, 0.1) is 0 Å². The molecular weight excluding hydrogens is 228 g/mol. The molecule has 1 atom stereocenters. The van der Waals surface area contributed by atoms with Crippen LogP contribution in [0.15, 0.2) is 36.7 Å². The van der Waals surface area contributed by atoms with Crippen molar-refractivity contribution in [2.24, 2.45) is 0 Å². The highest BCUT2D eigenvalue weighted by Crippen LogP contribution is 2.30. The average molecular weight is 246 g/mol. The van der Waals surface area contributed by atoms with E-state index in [1.807, 2.05) is 44.3 Å². The summed E-state index contributed by atoms with van der Waals surface area (Å²) >= 11 is 0. The summed E-state index contributed by atoms with van der Waals surface area (Å²) in [6.07, 6.45) is 3.69. The van der Waals surface area contributed by atoms with E-state index in [-0.39, 0.29) is 0 Å². The Hall–Kier alpha value is -1.81. The Morgan fingerprint density at radius 3 is 2.78 bits per heavy atom. The Bertz CT molecular complexity index is 508. The number of aromatic nitrogens is 2. The lowest BCUT2D eigenvalue weighted by Crippen LogP contribution is -1.98. The van der Waals surface area contributed by atoms with E-state index in [1.54, 1.807) is 10.9 Å². The van der Waals surface area contributed by atoms with E-state index < -0.39 is 6.10 Å². The molecule has 1 aromatic carbocycles. The molecule has 1 heterocycles. The van der Waals surface area contributed by atoms with E-state index in [4.69, 9.17) is 4.74 Å². The van der Waals surface area contributed by atoms with Gasteiger partial charge in [-0.15, -0.1) is 0 Å². The molecule has 4 nitrogen and oxygen atoms in total. The highest BCUT2D eigenvalue weighted by molar-refractivity contribution is 5.38. The van der Waals surface area contributed by atoms with Crippen molar-refractivity contribution in [3.63, 3.8) is 0 Å². The molecule has 0 spiro atoms. The standard InChI is InChI=1S/C14H18N2O2/c1-3-13(17)12-7-5-6-8-14(12)18-11-9-15-16(4-2)10-11/h5-10,13,17H,3-4H2,1-2H3. The van der Waals surface area contributed by atoms with Gasteiger partial charge in [0.1, 0.15) is 5.75 Å². The third kappa shape index (κ3) is 2.71. The second kappa shape index (κ2) is 5.69. The normalized spacial score (nSPS) is 12.4. The molecule has 96 valence electrons. The number of aliphatic hydroxyl groups excluding tert-OH is 1. The lowest BCUT2D eigenvalue weighted by molar-refractivity contribution is 0.170. The van der Waals surface area contributed by atoms with Crippen molar-refractivity contribution in [1.82, 2.24) is 9.78 Å². The maximum absolute atomic E-state index is 9.94. The van der Waals surface area contributed by atoms with Crippen LogP contribution in [0.25, 0.3) is 0 Å². The number of hydrogen-bond donors (Lipinski definition) is 1. The lowest BCUT2D eigenvalue weighted by Gasteiger charge is -2.13. The molecule has 2 aromatic rings. The zero-order valence-corrected chi connectivity index (χ0v) is 10.7. The van der Waals surface area contributed by atoms with Crippen LogP contribution >= 0.6 is 0 Å². The van der Waals surface area contributed by atoms with Crippen LogP contribution in [-0.4, -0.2) is 14.9 Å². The number of aryl methyl sites for hydroxylation is 1. The molecule has 0 saturated heterocycles. The van der Waals surface area contributed by atoms with E-state index in [1.165, 1.54) is 0 Å². The van der Waals surface area contributed by atoms with Gasteiger partial charge in [-0.05, 0) is 19.4 Å². The zero-order chi connectivity index (χ0) is 13.0. The van der Waals surface area contributed by atoms with Crippen molar-refractivity contribution in [2.45, 2.75) is 32.9 Å². The Morgan fingerprint density at radius 1 is 1.33 bits per heavy atom. The smallest absolute Gasteiger partial charge is 0.165 e. The minimum absolute atomic E-state index is 0.498. The summed E-state index contributed by atoms with van der Waals surface area (Å²) < 4.78 is 7.57. The fraction of sp³-hybridized carbons (Fsp3) is 0.357. The van der Waals surface area contributed by atoms with Crippen molar-refractivity contribution in [3.8, 4) is 11.5 Å². The third-order valence-corrected chi connectivity index (χ3v) is 2.83. The number of benzene rings is 1. The second-order valence-corrected chi connectivity index (χ2v) is 4.10. The Morgan fingerprint density at radius 2 is 2.11 bits per heavy atom. The summed E-state index contributed by atoms with van der Waals surface area (Å²) in [4.78, 5) is 0. The largest absolute Gasteiger partial charge is 0.454 e. The SMILES string of the molecule is CCC(O)c1ccccc1Oc1cnn(CC)c1. The molecule has 0 bridgehead atoms. The van der Waals surface area contributed by atoms with Crippen LogP contribution in [0.1, 0.15) is 31.9 Å². The number of hydrogen-bond acceptors (Lipinski definition) is 3. The summed E-state index contributed by atoms with van der Waals surface area (Å²) in [5.74, 6) is 1.37. The maximum atomic E-state index is 9.94. The molecule has 0 fully saturated rings. The van der Waals surface area contributed by atoms with Crippen LogP contribution in [0.5, 0.6) is 11.5 Å². The fourth-order valence-electron chi connectivity index (χ4n) is 1.77. The van der Waals surface area contributed by atoms with Gasteiger partial charge >= 0.3 is 0 Å². The van der Waals surface area contributed by atoms with Gasteiger partial charge in [-0.25, -0.2) is 0 Å². The minimum Gasteiger partial charge on any atom is -0.454 e. The minimum atomic E-state index is -0.498. The van der Waals surface area contributed by atoms with Crippen LogP contribution < -0.4 is 4.74 Å². The molecule has 0 aliphatic heterocycles. The fourth-order valence-corrected chi connectivity index (χ4v) is 1.77. The van der Waals surface area contributed by atoms with E-state index in [9.17, 15) is 5.11 Å². The first kappa shape index (κ1) is 12.6. The Balaban J connectivity index is 2.23. The first-order chi connectivity index (χ1) is 8.74. The quantitative estimate of drug-likeness (QED) is 0.881. The molecule has 0 aliphatic carbocycles. The summed E-state index contributed by atoms with van der Waals surface area (Å²) in [7, 11) is 0. The number of nitrogens with zero attached hydrogens (tertiary/aromatic N) is 2. The van der Waals surface area contributed by atoms with Crippen LogP contribution in [0.3, 0.4) is 0 Å². The molecule has 0 radical (unpaired) electrons. The second-order valence-electron chi connectivity index (χ2n) is 4.10. The summed E-state index contributed by atoms with van der Waals surface area (Å²) in [6, 6.07) is 7.53. The molecule has 18 heavy (non-hydrogen) atoms. The van der Waals surface area contributed by atoms with E-state index in [0.717, 1.165) is 12.1 Å². The van der Waals surface area contributed by atoms with Crippen molar-refractivity contribution in [3.05, 3.63) is 42.2 Å². The van der Waals surface area contributed by atoms with Crippen molar-refractivity contribution < 1.29 is 9.84 Å². The van der Waals surface area contributed by atoms with Crippen LogP contribution in [0.2, 0.25) is 0 Å². The molecular formula is C14H18N2O2. The molecule has 1 aromatic heterocycles. The summed E-state index contributed by atoms with van der Waals surface area (Å²) in [6.45, 7) is 4.77. The van der Waals surface area contributed by atoms with Crippen molar-refractivity contribution in [2.75, 3.05) is 0 Å². The van der Waals surface area contributed by atoms with Crippen LogP contribution in [-0.2, 0) is 6.54 Å². The Kier molecular flexibility index (Phi) is 3.99. The van der Waals surface area contributed by atoms with Gasteiger partial charge in [-0.1, -0.05) is 25.1 Å². The molecule has 0 amide bonds. The maximum Gasteiger partial charge on any atom is 0.165 e. The topological polar surface area (TPSA) is 47.3 Å². The van der Waals surface area contributed by atoms with Gasteiger partial charge in [-0.3, -0.25) is 4.68 Å². The van der Waals surface area contributed by atoms with Gasteiger partial charge in [-0.2, -0.15) is 5.10 Å². The van der Waals surface area contributed by atoms with Crippen LogP contribution in [0.4, 0.5) is 0 Å². The van der Waals surface area contributed by atoms with Gasteiger partial charge in [0.2, 0.25) is 0 Å². The molecule has 0 aliphatic rings. The number of ether oxygens (including phenoxy) is 1. The molecule has 0 saturated carbocycles. The van der Waals surface area contributed by atoms with Gasteiger partial charge in [0, 0.05) is 12.1 Å². The van der Waals surface area contributed by atoms with Crippen molar-refractivity contribution >= 4 is 0 Å². The van der Waals surface area contributed by atoms with Crippen molar-refractivity contribution in [1.29, 1.82) is 0 Å². The highest BCUT2D eigenvalue weighted by atomic mass is 16.5. The number of rotatable bonds is 5. The van der Waals surface area contributed by atoms with E-state index in [0.29, 0.717) is 17.9 Å². The monoisotopic (exact) mass is 246 g/mol. The first-order valence-electron chi connectivity index (χ1n) is 6.21. The van der Waals surface area contributed by atoms with E-state index in [2.05, 4.69) is 5.10 Å². The summed E-state index contributed by atoms with van der Waals surface area (Å²) in [5.41, 5.74) is 0.809. The zero-order valence-electron chi connectivity index (χ0n) is 10.7. The van der Waals surface area contributed by atoms with Gasteiger partial charge in [0.25, 0.3) is 0 Å².